The van der Waals surface area contributed by atoms with Gasteiger partial charge in [-0.1, -0.05) is 0 Å². The van der Waals surface area contributed by atoms with Crippen LogP contribution < -0.4 is 5.56 Å². The van der Waals surface area contributed by atoms with E-state index in [4.69, 9.17) is 29.9 Å². The van der Waals surface area contributed by atoms with Crippen molar-refractivity contribution in [1.82, 2.24) is 9.55 Å². The number of aromatic nitrogens is 2. The number of aliphatic hydroxyl groups is 3. The van der Waals surface area contributed by atoms with Crippen LogP contribution in [-0.4, -0.2) is 64.8 Å². The molecular weight excluding hydrogens is 301 g/mol. The number of nitrogens with one attached hydrogen (secondary N) is 1. The summed E-state index contributed by atoms with van der Waals surface area (Å²) in [7, 11) is 9.86. The fraction of sp³-hybridized carbons (Fsp3) is 0.600. The molecule has 1 aromatic rings. The van der Waals surface area contributed by atoms with E-state index >= 15 is 0 Å². The zero-order chi connectivity index (χ0) is 16.4. The summed E-state index contributed by atoms with van der Waals surface area (Å²) in [6.45, 7) is 1.03. The molecule has 1 aliphatic heterocycles. The van der Waals surface area contributed by atoms with Crippen LogP contribution in [0.5, 0.6) is 0 Å². The quantitative estimate of drug-likeness (QED) is 0.363. The first-order valence-corrected chi connectivity index (χ1v) is 6.21. The normalized spacial score (nSPS) is 31.6. The second kappa shape index (κ2) is 6.84. The molecule has 21 heavy (non-hydrogen) atoms. The maximum absolute atomic E-state index is 13.2. The summed E-state index contributed by atoms with van der Waals surface area (Å²) in [6.07, 6.45) is -1.76. The SMILES string of the molecule is [B]C1OC(n2cc(F)c(=O)[nH]c2=S)C(C)(O)C1O.[B]CO. The van der Waals surface area contributed by atoms with Gasteiger partial charge in [0.1, 0.15) is 27.4 Å². The fourth-order valence-electron chi connectivity index (χ4n) is 1.82. The number of ether oxygens (including phenoxy) is 1. The number of halogens is 1. The summed E-state index contributed by atoms with van der Waals surface area (Å²) in [5.74, 6) is -1.09. The monoisotopic (exact) mass is 314 g/mol. The third-order valence-corrected chi connectivity index (χ3v) is 3.19. The molecule has 2 heterocycles. The lowest BCUT2D eigenvalue weighted by atomic mass is 9.87. The van der Waals surface area contributed by atoms with Crippen LogP contribution in [0.2, 0.25) is 0 Å². The Bertz CT molecular complexity index is 608. The van der Waals surface area contributed by atoms with E-state index in [2.05, 4.69) is 12.8 Å². The fourth-order valence-corrected chi connectivity index (χ4v) is 2.06. The number of hydrogen-bond donors (Lipinski definition) is 4. The van der Waals surface area contributed by atoms with Gasteiger partial charge in [0.15, 0.2) is 11.0 Å². The van der Waals surface area contributed by atoms with Crippen LogP contribution >= 0.6 is 12.2 Å². The largest absolute Gasteiger partial charge is 0.406 e. The van der Waals surface area contributed by atoms with E-state index < -0.39 is 35.3 Å². The van der Waals surface area contributed by atoms with Crippen molar-refractivity contribution < 1.29 is 24.4 Å². The molecule has 7 nitrogen and oxygen atoms in total. The minimum absolute atomic E-state index is 0.145. The van der Waals surface area contributed by atoms with Crippen LogP contribution in [-0.2, 0) is 4.74 Å². The first-order valence-electron chi connectivity index (χ1n) is 5.80. The number of hydrogen-bond acceptors (Lipinski definition) is 6. The van der Waals surface area contributed by atoms with Crippen molar-refractivity contribution in [3.8, 4) is 0 Å². The average molecular weight is 314 g/mol. The predicted octanol–water partition coefficient (Wildman–Crippen LogP) is -1.72. The molecule has 4 unspecified atom stereocenters. The number of nitrogens with zero attached hydrogens (tertiary/aromatic N) is 1. The Morgan fingerprint density at radius 2 is 2.19 bits per heavy atom. The van der Waals surface area contributed by atoms with E-state index in [1.54, 1.807) is 0 Å². The summed E-state index contributed by atoms with van der Waals surface area (Å²) in [6, 6.07) is -1.14. The zero-order valence-corrected chi connectivity index (χ0v) is 11.9. The van der Waals surface area contributed by atoms with Crippen LogP contribution in [0.15, 0.2) is 11.0 Å². The summed E-state index contributed by atoms with van der Waals surface area (Å²) >= 11 is 4.84. The van der Waals surface area contributed by atoms with E-state index in [0.29, 0.717) is 0 Å². The van der Waals surface area contributed by atoms with Gasteiger partial charge < -0.3 is 20.1 Å². The average Bonchev–Trinajstić information content (AvgIpc) is 2.58. The Hall–Kier alpha value is -1.00. The number of aliphatic hydroxyl groups excluding tert-OH is 2. The van der Waals surface area contributed by atoms with Gasteiger partial charge in [0.2, 0.25) is 5.82 Å². The van der Waals surface area contributed by atoms with Gasteiger partial charge >= 0.3 is 0 Å². The van der Waals surface area contributed by atoms with Crippen LogP contribution in [0.3, 0.4) is 0 Å². The van der Waals surface area contributed by atoms with Crippen LogP contribution in [0.4, 0.5) is 4.39 Å². The molecule has 1 saturated heterocycles. The molecule has 0 spiro atoms. The molecule has 1 aliphatic rings. The molecule has 0 saturated carbocycles. The second-order valence-corrected chi connectivity index (χ2v) is 4.84. The highest BCUT2D eigenvalue weighted by Crippen LogP contribution is 2.36. The van der Waals surface area contributed by atoms with Crippen molar-refractivity contribution in [1.29, 1.82) is 0 Å². The molecule has 0 aliphatic carbocycles. The second-order valence-electron chi connectivity index (χ2n) is 4.45. The molecule has 4 radical (unpaired) electrons. The third kappa shape index (κ3) is 3.61. The van der Waals surface area contributed by atoms with Gasteiger partial charge in [-0.25, -0.2) is 0 Å². The molecule has 4 N–H and O–H groups in total. The van der Waals surface area contributed by atoms with Gasteiger partial charge in [-0.3, -0.25) is 14.3 Å². The van der Waals surface area contributed by atoms with E-state index in [1.807, 2.05) is 0 Å². The Kier molecular flexibility index (Phi) is 5.88. The minimum atomic E-state index is -1.76. The van der Waals surface area contributed by atoms with Gasteiger partial charge in [0.25, 0.3) is 5.56 Å². The van der Waals surface area contributed by atoms with Crippen molar-refractivity contribution in [2.45, 2.75) is 30.9 Å². The third-order valence-electron chi connectivity index (χ3n) is 2.87. The summed E-state index contributed by atoms with van der Waals surface area (Å²) < 4.78 is 19.2. The van der Waals surface area contributed by atoms with Gasteiger partial charge in [-0.15, -0.1) is 0 Å². The van der Waals surface area contributed by atoms with Gasteiger partial charge in [0, 0.05) is 12.5 Å². The first-order chi connectivity index (χ1) is 9.66. The van der Waals surface area contributed by atoms with Crippen molar-refractivity contribution in [3.63, 3.8) is 0 Å². The van der Waals surface area contributed by atoms with E-state index in [1.165, 1.54) is 6.92 Å². The Morgan fingerprint density at radius 1 is 1.67 bits per heavy atom. The van der Waals surface area contributed by atoms with Crippen LogP contribution in [0.25, 0.3) is 0 Å². The highest BCUT2D eigenvalue weighted by molar-refractivity contribution is 7.71. The molecule has 112 valence electrons. The van der Waals surface area contributed by atoms with Gasteiger partial charge in [-0.2, -0.15) is 4.39 Å². The Morgan fingerprint density at radius 3 is 2.62 bits per heavy atom. The molecule has 0 amide bonds. The van der Waals surface area contributed by atoms with Gasteiger partial charge in [0.05, 0.1) is 6.20 Å². The van der Waals surface area contributed by atoms with Crippen LogP contribution in [0, 0.1) is 10.6 Å². The van der Waals surface area contributed by atoms with Crippen molar-refractivity contribution in [2.24, 2.45) is 0 Å². The van der Waals surface area contributed by atoms with E-state index in [0.717, 1.165) is 10.8 Å². The molecule has 11 heteroatoms. The molecular formula is C10H13B2FN2O5S. The molecule has 0 aromatic carbocycles. The Labute approximate surface area is 127 Å². The summed E-state index contributed by atoms with van der Waals surface area (Å²) in [4.78, 5) is 13.1. The molecule has 4 atom stereocenters. The van der Waals surface area contributed by atoms with Gasteiger partial charge in [-0.05, 0) is 19.1 Å². The lowest BCUT2D eigenvalue weighted by Gasteiger charge is -2.28. The maximum Gasteiger partial charge on any atom is 0.287 e. The van der Waals surface area contributed by atoms with Crippen molar-refractivity contribution in [2.75, 3.05) is 6.51 Å². The lowest BCUT2D eigenvalue weighted by molar-refractivity contribution is -0.0957. The molecule has 2 rings (SSSR count). The first kappa shape index (κ1) is 18.0. The topological polar surface area (TPSA) is 108 Å². The minimum Gasteiger partial charge on any atom is -0.406 e. The summed E-state index contributed by atoms with van der Waals surface area (Å²) in [5.41, 5.74) is -2.73. The molecule has 0 bridgehead atoms. The standard InChI is InChI=1S/C9H10BFN2O4S.CH3BO/c1-9(16)4(14)5(10)17-7(9)13-2-3(11)6(15)12-8(13)18;2-1-3/h2,4-5,7,14,16H,1H3,(H,12,15,18);3H,1H2. The van der Waals surface area contributed by atoms with Crippen molar-refractivity contribution >= 4 is 27.9 Å². The maximum atomic E-state index is 13.2. The van der Waals surface area contributed by atoms with Crippen LogP contribution in [0.1, 0.15) is 13.2 Å². The van der Waals surface area contributed by atoms with E-state index in [-0.39, 0.29) is 11.3 Å². The smallest absolute Gasteiger partial charge is 0.287 e. The number of H-pyrrole nitrogens is 1. The predicted molar refractivity (Wildman–Crippen MR) is 75.0 cm³/mol. The molecule has 1 aromatic heterocycles. The van der Waals surface area contributed by atoms with Crippen molar-refractivity contribution in [3.05, 3.63) is 27.1 Å². The van der Waals surface area contributed by atoms with E-state index in [9.17, 15) is 19.4 Å². The number of rotatable bonds is 1. The lowest BCUT2D eigenvalue weighted by Crippen LogP contribution is -2.44. The highest BCUT2D eigenvalue weighted by Gasteiger charge is 2.51. The number of aromatic amines is 1. The zero-order valence-electron chi connectivity index (χ0n) is 11.1. The summed E-state index contributed by atoms with van der Waals surface area (Å²) in [5, 5.41) is 27.1. The molecule has 1 fully saturated rings. The Balaban J connectivity index is 0.000000677. The highest BCUT2D eigenvalue weighted by atomic mass is 32.1.